The summed E-state index contributed by atoms with van der Waals surface area (Å²) in [6.07, 6.45) is 0. The first-order valence-corrected chi connectivity index (χ1v) is 11.9. The van der Waals surface area contributed by atoms with Crippen LogP contribution in [0.5, 0.6) is 0 Å². The lowest BCUT2D eigenvalue weighted by Crippen LogP contribution is -2.35. The first-order chi connectivity index (χ1) is 16.9. The van der Waals surface area contributed by atoms with E-state index in [2.05, 4.69) is 15.3 Å². The molecule has 0 spiro atoms. The zero-order valence-electron chi connectivity index (χ0n) is 19.9. The maximum atomic E-state index is 12.7. The molecule has 0 aliphatic carbocycles. The number of carbonyl (C=O) groups excluding carboxylic acids is 2. The Balaban J connectivity index is 1.30. The lowest BCUT2D eigenvalue weighted by Gasteiger charge is -2.26. The van der Waals surface area contributed by atoms with Gasteiger partial charge in [0.2, 0.25) is 0 Å². The molecular weight excluding hydrogens is 468 g/mol. The maximum Gasteiger partial charge on any atom is 0.342 e. The van der Waals surface area contributed by atoms with E-state index in [9.17, 15) is 9.59 Å². The molecule has 1 aliphatic rings. The van der Waals surface area contributed by atoms with Gasteiger partial charge in [-0.05, 0) is 43.2 Å². The van der Waals surface area contributed by atoms with E-state index in [0.29, 0.717) is 34.2 Å². The standard InChI is InChI=1S/C26H29ClN4O4/c1-18-25(19(2)31(29-18)16-21-5-3-4-6-23(21)27)26(33)35-17-24(32)28-22-9-7-20(8-10-22)15-30-11-13-34-14-12-30/h3-10H,11-17H2,1-2H3,(H,28,32). The minimum Gasteiger partial charge on any atom is -0.452 e. The van der Waals surface area contributed by atoms with Gasteiger partial charge in [0, 0.05) is 30.3 Å². The number of hydrogen-bond acceptors (Lipinski definition) is 6. The van der Waals surface area contributed by atoms with E-state index in [4.69, 9.17) is 21.1 Å². The van der Waals surface area contributed by atoms with Gasteiger partial charge in [0.1, 0.15) is 5.56 Å². The Morgan fingerprint density at radius 1 is 1.06 bits per heavy atom. The molecule has 1 fully saturated rings. The van der Waals surface area contributed by atoms with Crippen molar-refractivity contribution in [3.8, 4) is 0 Å². The molecule has 2 heterocycles. The lowest BCUT2D eigenvalue weighted by molar-refractivity contribution is -0.119. The Hall–Kier alpha value is -3.20. The molecule has 0 radical (unpaired) electrons. The number of ether oxygens (including phenoxy) is 2. The van der Waals surface area contributed by atoms with Crippen molar-refractivity contribution in [3.63, 3.8) is 0 Å². The van der Waals surface area contributed by atoms with Crippen molar-refractivity contribution in [1.82, 2.24) is 14.7 Å². The summed E-state index contributed by atoms with van der Waals surface area (Å²) in [7, 11) is 0. The van der Waals surface area contributed by atoms with Crippen molar-refractivity contribution >= 4 is 29.2 Å². The molecule has 1 amide bonds. The van der Waals surface area contributed by atoms with Crippen molar-refractivity contribution in [2.45, 2.75) is 26.9 Å². The second-order valence-electron chi connectivity index (χ2n) is 8.50. The third kappa shape index (κ3) is 6.48. The predicted molar refractivity (Wildman–Crippen MR) is 134 cm³/mol. The minimum atomic E-state index is -0.582. The summed E-state index contributed by atoms with van der Waals surface area (Å²) in [5.41, 5.74) is 4.26. The molecule has 3 aromatic rings. The Bertz CT molecular complexity index is 1190. The number of halogens is 1. The normalized spacial score (nSPS) is 14.0. The number of rotatable bonds is 8. The molecule has 9 heteroatoms. The number of morpholine rings is 1. The summed E-state index contributed by atoms with van der Waals surface area (Å²) in [4.78, 5) is 27.4. The molecule has 0 unspecified atom stereocenters. The smallest absolute Gasteiger partial charge is 0.342 e. The van der Waals surface area contributed by atoms with Gasteiger partial charge in [-0.25, -0.2) is 4.79 Å². The van der Waals surface area contributed by atoms with Gasteiger partial charge < -0.3 is 14.8 Å². The van der Waals surface area contributed by atoms with E-state index in [-0.39, 0.29) is 6.61 Å². The number of nitrogens with zero attached hydrogens (tertiary/aromatic N) is 3. The Morgan fingerprint density at radius 2 is 1.77 bits per heavy atom. The second-order valence-corrected chi connectivity index (χ2v) is 8.91. The number of aromatic nitrogens is 2. The van der Waals surface area contributed by atoms with Gasteiger partial charge in [-0.2, -0.15) is 5.10 Å². The quantitative estimate of drug-likeness (QED) is 0.477. The number of carbonyl (C=O) groups is 2. The van der Waals surface area contributed by atoms with E-state index in [1.165, 1.54) is 0 Å². The SMILES string of the molecule is Cc1nn(Cc2ccccc2Cl)c(C)c1C(=O)OCC(=O)Nc1ccc(CN2CCOCC2)cc1. The van der Waals surface area contributed by atoms with Gasteiger partial charge in [0.15, 0.2) is 6.61 Å². The average molecular weight is 497 g/mol. The van der Waals surface area contributed by atoms with Gasteiger partial charge in [0.05, 0.1) is 31.1 Å². The minimum absolute atomic E-state index is 0.359. The molecule has 35 heavy (non-hydrogen) atoms. The van der Waals surface area contributed by atoms with Gasteiger partial charge in [-0.1, -0.05) is 41.9 Å². The number of nitrogens with one attached hydrogen (secondary N) is 1. The second kappa shape index (κ2) is 11.5. The molecule has 8 nitrogen and oxygen atoms in total. The number of anilines is 1. The van der Waals surface area contributed by atoms with Gasteiger partial charge >= 0.3 is 5.97 Å². The van der Waals surface area contributed by atoms with Crippen LogP contribution >= 0.6 is 11.6 Å². The Labute approximate surface area is 209 Å². The zero-order chi connectivity index (χ0) is 24.8. The van der Waals surface area contributed by atoms with Gasteiger partial charge in [-0.3, -0.25) is 14.4 Å². The molecule has 0 bridgehead atoms. The molecule has 1 saturated heterocycles. The van der Waals surface area contributed by atoms with Crippen LogP contribution in [0.2, 0.25) is 5.02 Å². The Morgan fingerprint density at radius 3 is 2.49 bits per heavy atom. The van der Waals surface area contributed by atoms with Gasteiger partial charge in [0.25, 0.3) is 5.91 Å². The molecule has 4 rings (SSSR count). The summed E-state index contributed by atoms with van der Waals surface area (Å²) in [6.45, 7) is 7.78. The molecule has 0 saturated carbocycles. The molecular formula is C26H29ClN4O4. The van der Waals surface area contributed by atoms with E-state index in [1.54, 1.807) is 18.5 Å². The fourth-order valence-electron chi connectivity index (χ4n) is 4.05. The summed E-state index contributed by atoms with van der Waals surface area (Å²) >= 11 is 6.26. The number of benzene rings is 2. The predicted octanol–water partition coefficient (Wildman–Crippen LogP) is 3.83. The highest BCUT2D eigenvalue weighted by Crippen LogP contribution is 2.20. The van der Waals surface area contributed by atoms with Crippen LogP contribution in [-0.2, 0) is 27.4 Å². The molecule has 184 valence electrons. The number of hydrogen-bond donors (Lipinski definition) is 1. The first-order valence-electron chi connectivity index (χ1n) is 11.5. The summed E-state index contributed by atoms with van der Waals surface area (Å²) in [5, 5.41) is 7.86. The topological polar surface area (TPSA) is 85.7 Å². The molecule has 1 aliphatic heterocycles. The highest BCUT2D eigenvalue weighted by molar-refractivity contribution is 6.31. The van der Waals surface area contributed by atoms with Gasteiger partial charge in [-0.15, -0.1) is 0 Å². The van der Waals surface area contributed by atoms with E-state index in [0.717, 1.165) is 44.0 Å². The van der Waals surface area contributed by atoms with Crippen molar-refractivity contribution in [1.29, 1.82) is 0 Å². The largest absolute Gasteiger partial charge is 0.452 e. The van der Waals surface area contributed by atoms with Crippen LogP contribution in [0.4, 0.5) is 5.69 Å². The average Bonchev–Trinajstić information content (AvgIpc) is 3.13. The van der Waals surface area contributed by atoms with Crippen LogP contribution < -0.4 is 5.32 Å². The highest BCUT2D eigenvalue weighted by atomic mass is 35.5. The fourth-order valence-corrected chi connectivity index (χ4v) is 4.24. The van der Waals surface area contributed by atoms with Crippen molar-refractivity contribution in [2.24, 2.45) is 0 Å². The number of aryl methyl sites for hydroxylation is 1. The van der Waals surface area contributed by atoms with Crippen LogP contribution in [0.1, 0.15) is 32.9 Å². The molecule has 1 N–H and O–H groups in total. The van der Waals surface area contributed by atoms with Crippen LogP contribution in [0.3, 0.4) is 0 Å². The molecule has 2 aromatic carbocycles. The highest BCUT2D eigenvalue weighted by Gasteiger charge is 2.21. The zero-order valence-corrected chi connectivity index (χ0v) is 20.7. The van der Waals surface area contributed by atoms with Crippen molar-refractivity contribution in [3.05, 3.63) is 81.6 Å². The molecule has 0 atom stereocenters. The number of esters is 1. The van der Waals surface area contributed by atoms with E-state index < -0.39 is 11.9 Å². The summed E-state index contributed by atoms with van der Waals surface area (Å²) in [5.74, 6) is -0.987. The van der Waals surface area contributed by atoms with Crippen LogP contribution in [0.25, 0.3) is 0 Å². The monoisotopic (exact) mass is 496 g/mol. The summed E-state index contributed by atoms with van der Waals surface area (Å²) < 4.78 is 12.4. The number of amides is 1. The third-order valence-corrected chi connectivity index (χ3v) is 6.31. The van der Waals surface area contributed by atoms with Crippen LogP contribution in [0.15, 0.2) is 48.5 Å². The van der Waals surface area contributed by atoms with Crippen molar-refractivity contribution in [2.75, 3.05) is 38.2 Å². The van der Waals surface area contributed by atoms with Crippen molar-refractivity contribution < 1.29 is 19.1 Å². The maximum absolute atomic E-state index is 12.7. The van der Waals surface area contributed by atoms with E-state index >= 15 is 0 Å². The third-order valence-electron chi connectivity index (χ3n) is 5.95. The molecule has 1 aromatic heterocycles. The Kier molecular flexibility index (Phi) is 8.17. The lowest BCUT2D eigenvalue weighted by atomic mass is 10.2. The first kappa shape index (κ1) is 24.9. The van der Waals surface area contributed by atoms with Crippen LogP contribution in [0, 0.1) is 13.8 Å². The van der Waals surface area contributed by atoms with Crippen LogP contribution in [-0.4, -0.2) is 59.5 Å². The summed E-state index contributed by atoms with van der Waals surface area (Å²) in [6, 6.07) is 15.2. The van der Waals surface area contributed by atoms with E-state index in [1.807, 2.05) is 48.5 Å². The fraction of sp³-hybridized carbons (Fsp3) is 0.346.